The second-order valence-electron chi connectivity index (χ2n) is 22.7. The summed E-state index contributed by atoms with van der Waals surface area (Å²) in [6, 6.07) is 116. The van der Waals surface area contributed by atoms with Crippen LogP contribution in [0.4, 0.5) is 34.1 Å². The summed E-state index contributed by atoms with van der Waals surface area (Å²) in [4.78, 5) is 21.1. The first-order chi connectivity index (χ1) is 43.7. The first-order valence-electron chi connectivity index (χ1n) is 30.0. The topological polar surface area (TPSA) is 50.1 Å². The van der Waals surface area contributed by atoms with Crippen LogP contribution in [0.5, 0.6) is 0 Å². The lowest BCUT2D eigenvalue weighted by atomic mass is 9.33. The van der Waals surface area contributed by atoms with E-state index in [1.54, 1.807) is 0 Å². The Balaban J connectivity index is 0.937. The molecule has 17 rings (SSSR count). The summed E-state index contributed by atoms with van der Waals surface area (Å²) in [5, 5.41) is 2.29. The van der Waals surface area contributed by atoms with Crippen molar-refractivity contribution in [3.63, 3.8) is 0 Å². The van der Waals surface area contributed by atoms with E-state index in [0.29, 0.717) is 17.5 Å². The summed E-state index contributed by atoms with van der Waals surface area (Å²) in [5.74, 6) is 1.77. The number of anilines is 6. The molecule has 0 amide bonds. The molecule has 4 heterocycles. The second-order valence-corrected chi connectivity index (χ2v) is 22.7. The molecule has 0 atom stereocenters. The molecule has 0 bridgehead atoms. The third-order valence-corrected chi connectivity index (χ3v) is 17.6. The quantitative estimate of drug-likeness (QED) is 0.128. The van der Waals surface area contributed by atoms with Crippen LogP contribution >= 0.6 is 0 Å². The van der Waals surface area contributed by atoms with E-state index < -0.39 is 0 Å². The third-order valence-electron chi connectivity index (χ3n) is 17.6. The Morgan fingerprint density at radius 3 is 1.14 bits per heavy atom. The molecule has 0 N–H and O–H groups in total. The van der Waals surface area contributed by atoms with Crippen molar-refractivity contribution in [3.8, 4) is 84.4 Å². The van der Waals surface area contributed by atoms with Gasteiger partial charge in [-0.3, -0.25) is 0 Å². The lowest BCUT2D eigenvalue weighted by molar-refractivity contribution is 1.06. The minimum Gasteiger partial charge on any atom is -0.311 e. The molecule has 0 aliphatic carbocycles. The SMILES string of the molecule is c1ccc(-c2ccc3c(c2)c2cc(-c4ccccc4)ccc2n3-c2c(-c3cccc(-c4cc5c6c(c4)N(c4ccccc4)c4ccccc4B6c4ccccc4N5c4ccccc4)c3)cccc2-c2nc(-c3ccccc3)nc(-c3ccccc3)n2)cc1. The van der Waals surface area contributed by atoms with Gasteiger partial charge in [0.2, 0.25) is 0 Å². The average molecular weight is 1120 g/mol. The van der Waals surface area contributed by atoms with Gasteiger partial charge in [0.15, 0.2) is 17.5 Å². The van der Waals surface area contributed by atoms with Crippen LogP contribution in [0.2, 0.25) is 0 Å². The monoisotopic (exact) mass is 1120 g/mol. The Kier molecular flexibility index (Phi) is 12.2. The van der Waals surface area contributed by atoms with Crippen molar-refractivity contribution < 1.29 is 0 Å². The minimum absolute atomic E-state index is 0.00184. The molecule has 15 aromatic rings. The zero-order valence-electron chi connectivity index (χ0n) is 47.9. The molecular formula is C81H53BN6. The summed E-state index contributed by atoms with van der Waals surface area (Å²) in [5.41, 5.74) is 25.4. The van der Waals surface area contributed by atoms with Gasteiger partial charge in [-0.05, 0) is 140 Å². The smallest absolute Gasteiger partial charge is 0.252 e. The highest BCUT2D eigenvalue weighted by Gasteiger charge is 2.43. The summed E-state index contributed by atoms with van der Waals surface area (Å²) < 4.78 is 2.47. The number of fused-ring (bicyclic) bond motifs is 7. The molecule has 2 aromatic heterocycles. The first-order valence-corrected chi connectivity index (χ1v) is 30.0. The fraction of sp³-hybridized carbons (Fsp3) is 0. The maximum Gasteiger partial charge on any atom is 0.252 e. The molecule has 0 saturated carbocycles. The van der Waals surface area contributed by atoms with Crippen LogP contribution in [0.25, 0.3) is 106 Å². The van der Waals surface area contributed by atoms with Gasteiger partial charge in [-0.25, -0.2) is 15.0 Å². The van der Waals surface area contributed by atoms with Gasteiger partial charge in [-0.2, -0.15) is 0 Å². The number of rotatable bonds is 10. The van der Waals surface area contributed by atoms with Crippen LogP contribution in [0.1, 0.15) is 0 Å². The summed E-state index contributed by atoms with van der Waals surface area (Å²) in [6.07, 6.45) is 0. The van der Waals surface area contributed by atoms with Gasteiger partial charge in [0.25, 0.3) is 6.71 Å². The van der Waals surface area contributed by atoms with Crippen molar-refractivity contribution in [3.05, 3.63) is 322 Å². The summed E-state index contributed by atoms with van der Waals surface area (Å²) in [7, 11) is 0. The maximum atomic E-state index is 5.46. The van der Waals surface area contributed by atoms with Crippen LogP contribution < -0.4 is 26.2 Å². The highest BCUT2D eigenvalue weighted by atomic mass is 15.2. The molecule has 7 heteroatoms. The van der Waals surface area contributed by atoms with Gasteiger partial charge in [-0.15, -0.1) is 0 Å². The van der Waals surface area contributed by atoms with Gasteiger partial charge in [0.05, 0.1) is 16.7 Å². The average Bonchev–Trinajstić information content (AvgIpc) is 0.864. The minimum atomic E-state index is 0.00184. The van der Waals surface area contributed by atoms with Crippen molar-refractivity contribution in [1.82, 2.24) is 19.5 Å². The number of nitrogens with zero attached hydrogens (tertiary/aromatic N) is 6. The molecule has 13 aromatic carbocycles. The van der Waals surface area contributed by atoms with E-state index in [4.69, 9.17) is 15.0 Å². The predicted molar refractivity (Wildman–Crippen MR) is 366 cm³/mol. The van der Waals surface area contributed by atoms with E-state index in [1.165, 1.54) is 27.8 Å². The van der Waals surface area contributed by atoms with Gasteiger partial charge < -0.3 is 14.4 Å². The molecule has 0 unspecified atom stereocenters. The Morgan fingerprint density at radius 2 is 0.636 bits per heavy atom. The van der Waals surface area contributed by atoms with Crippen LogP contribution in [0, 0.1) is 0 Å². The molecule has 0 saturated heterocycles. The number of benzene rings is 13. The predicted octanol–water partition coefficient (Wildman–Crippen LogP) is 18.7. The van der Waals surface area contributed by atoms with E-state index in [0.717, 1.165) is 111 Å². The van der Waals surface area contributed by atoms with Crippen molar-refractivity contribution >= 4 is 79.0 Å². The van der Waals surface area contributed by atoms with E-state index in [-0.39, 0.29) is 6.71 Å². The Labute approximate surface area is 511 Å². The van der Waals surface area contributed by atoms with Gasteiger partial charge in [0.1, 0.15) is 0 Å². The Bertz CT molecular complexity index is 4890. The van der Waals surface area contributed by atoms with Gasteiger partial charge in [0, 0.05) is 67.2 Å². The van der Waals surface area contributed by atoms with E-state index in [2.05, 4.69) is 299 Å². The summed E-state index contributed by atoms with van der Waals surface area (Å²) in [6.45, 7) is 0.00184. The zero-order valence-corrected chi connectivity index (χ0v) is 47.9. The maximum absolute atomic E-state index is 5.46. The molecule has 0 spiro atoms. The van der Waals surface area contributed by atoms with Crippen molar-refractivity contribution in [2.75, 3.05) is 9.80 Å². The Morgan fingerprint density at radius 1 is 0.250 bits per heavy atom. The van der Waals surface area contributed by atoms with Crippen LogP contribution in [0.15, 0.2) is 322 Å². The Hall–Kier alpha value is -11.7. The fourth-order valence-electron chi connectivity index (χ4n) is 13.7. The van der Waals surface area contributed by atoms with Crippen LogP contribution in [-0.4, -0.2) is 26.2 Å². The molecule has 0 radical (unpaired) electrons. The summed E-state index contributed by atoms with van der Waals surface area (Å²) >= 11 is 0. The molecule has 2 aliphatic heterocycles. The lowest BCUT2D eigenvalue weighted by Gasteiger charge is -2.44. The highest BCUT2D eigenvalue weighted by molar-refractivity contribution is 7.00. The van der Waals surface area contributed by atoms with Gasteiger partial charge >= 0.3 is 0 Å². The molecular weight excluding hydrogens is 1070 g/mol. The largest absolute Gasteiger partial charge is 0.311 e. The van der Waals surface area contributed by atoms with Crippen molar-refractivity contribution in [2.45, 2.75) is 0 Å². The molecule has 2 aliphatic rings. The zero-order chi connectivity index (χ0) is 58.1. The van der Waals surface area contributed by atoms with Crippen molar-refractivity contribution in [1.29, 1.82) is 0 Å². The number of aromatic nitrogens is 4. The lowest BCUT2D eigenvalue weighted by Crippen LogP contribution is -2.61. The molecule has 88 heavy (non-hydrogen) atoms. The fourth-order valence-corrected chi connectivity index (χ4v) is 13.7. The van der Waals surface area contributed by atoms with E-state index in [9.17, 15) is 0 Å². The highest BCUT2D eigenvalue weighted by Crippen LogP contribution is 2.48. The molecule has 410 valence electrons. The standard InChI is InChI=1S/C81H53BN6/c1-7-25-54(26-8-1)59-45-47-71-67(50-59)68-51-60(55-27-9-2-10-28-55)46-48-72(68)88(71)78-65(39-24-40-66(78)81-84-79(56-29-11-3-12-30-56)83-80(85-81)57-31-13-4-14-32-57)61-34-23-33-58(49-61)62-52-75-77-76(53-62)87(64-37-17-6-18-38-64)74-44-22-20-42-70(74)82(77)69-41-19-21-43-73(69)86(75)63-35-15-5-16-36-63/h1-53H. The number of hydrogen-bond acceptors (Lipinski definition) is 5. The van der Waals surface area contributed by atoms with Crippen LogP contribution in [-0.2, 0) is 0 Å². The van der Waals surface area contributed by atoms with Gasteiger partial charge in [-0.1, -0.05) is 237 Å². The number of hydrogen-bond donors (Lipinski definition) is 0. The first kappa shape index (κ1) is 50.8. The number of para-hydroxylation sites is 5. The molecule has 6 nitrogen and oxygen atoms in total. The van der Waals surface area contributed by atoms with Crippen LogP contribution in [0.3, 0.4) is 0 Å². The van der Waals surface area contributed by atoms with E-state index >= 15 is 0 Å². The molecule has 0 fully saturated rings. The third kappa shape index (κ3) is 8.54. The second kappa shape index (κ2) is 21.1. The van der Waals surface area contributed by atoms with E-state index in [1.807, 2.05) is 36.4 Å². The normalized spacial score (nSPS) is 12.2. The van der Waals surface area contributed by atoms with Crippen molar-refractivity contribution in [2.24, 2.45) is 0 Å².